The fourth-order valence-corrected chi connectivity index (χ4v) is 2.31. The van der Waals surface area contributed by atoms with Gasteiger partial charge in [0.2, 0.25) is 0 Å². The van der Waals surface area contributed by atoms with Crippen LogP contribution in [-0.4, -0.2) is 39.7 Å². The van der Waals surface area contributed by atoms with Gasteiger partial charge in [0.1, 0.15) is 11.4 Å². The first-order valence-corrected chi connectivity index (χ1v) is 6.90. The predicted molar refractivity (Wildman–Crippen MR) is 77.0 cm³/mol. The van der Waals surface area contributed by atoms with Gasteiger partial charge in [-0.25, -0.2) is 4.79 Å². The molecule has 0 amide bonds. The van der Waals surface area contributed by atoms with Gasteiger partial charge in [-0.05, 0) is 19.3 Å². The van der Waals surface area contributed by atoms with E-state index in [1.807, 2.05) is 0 Å². The summed E-state index contributed by atoms with van der Waals surface area (Å²) in [6.45, 7) is 1.16. The van der Waals surface area contributed by atoms with E-state index < -0.39 is 17.0 Å². The van der Waals surface area contributed by atoms with Crippen LogP contribution in [0.2, 0.25) is 0 Å². The number of rotatable bonds is 3. The maximum absolute atomic E-state index is 12.4. The molecule has 1 fully saturated rings. The molecule has 1 aliphatic rings. The van der Waals surface area contributed by atoms with E-state index in [9.17, 15) is 14.4 Å². The van der Waals surface area contributed by atoms with Gasteiger partial charge in [-0.3, -0.25) is 23.6 Å². The molecule has 8 heteroatoms. The first kappa shape index (κ1) is 15.5. The molecule has 2 rings (SSSR count). The maximum Gasteiger partial charge on any atom is 0.332 e. The van der Waals surface area contributed by atoms with Gasteiger partial charge >= 0.3 is 5.69 Å². The lowest BCUT2D eigenvalue weighted by atomic mass is 10.2. The number of hydroxylamine groups is 2. The predicted octanol–water partition coefficient (Wildman–Crippen LogP) is -0.734. The van der Waals surface area contributed by atoms with Crippen LogP contribution in [0.25, 0.3) is 0 Å². The number of carbonyl (C=O) groups is 1. The second kappa shape index (κ2) is 6.23. The summed E-state index contributed by atoms with van der Waals surface area (Å²) < 4.78 is 1.98. The Labute approximate surface area is 121 Å². The molecule has 0 atom stereocenters. The van der Waals surface area contributed by atoms with Gasteiger partial charge < -0.3 is 5.73 Å². The number of ketones is 1. The minimum Gasteiger partial charge on any atom is -0.384 e. The Hall–Kier alpha value is -1.93. The number of nitrogens with zero attached hydrogens (tertiary/aromatic N) is 3. The summed E-state index contributed by atoms with van der Waals surface area (Å²) in [7, 11) is 2.75. The molecule has 1 aliphatic heterocycles. The van der Waals surface area contributed by atoms with E-state index in [2.05, 4.69) is 0 Å². The first-order chi connectivity index (χ1) is 9.93. The van der Waals surface area contributed by atoms with Crippen molar-refractivity contribution in [2.45, 2.75) is 19.3 Å². The summed E-state index contributed by atoms with van der Waals surface area (Å²) in [5.41, 5.74) is 4.37. The SMILES string of the molecule is Cn1c(N)c(C(=O)CN2CCCCCO2)c(=O)n(C)c1=O. The fraction of sp³-hybridized carbons (Fsp3) is 0.615. The fourth-order valence-electron chi connectivity index (χ4n) is 2.31. The standard InChI is InChI=1S/C13H20N4O4/c1-15-11(14)10(12(19)16(2)13(15)20)9(18)8-17-6-4-3-5-7-21-17/h3-8,14H2,1-2H3. The molecule has 21 heavy (non-hydrogen) atoms. The van der Waals surface area contributed by atoms with Crippen LogP contribution in [0.3, 0.4) is 0 Å². The van der Waals surface area contributed by atoms with Gasteiger partial charge in [-0.2, -0.15) is 5.06 Å². The van der Waals surface area contributed by atoms with Crippen molar-refractivity contribution in [3.05, 3.63) is 26.4 Å². The molecule has 0 radical (unpaired) electrons. The average molecular weight is 296 g/mol. The van der Waals surface area contributed by atoms with E-state index in [0.29, 0.717) is 13.2 Å². The van der Waals surface area contributed by atoms with Gasteiger partial charge in [-0.1, -0.05) is 0 Å². The van der Waals surface area contributed by atoms with Gasteiger partial charge in [-0.15, -0.1) is 0 Å². The Balaban J connectivity index is 2.31. The summed E-state index contributed by atoms with van der Waals surface area (Å²) in [5.74, 6) is -0.548. The van der Waals surface area contributed by atoms with Crippen LogP contribution in [0, 0.1) is 0 Å². The number of nitrogen functional groups attached to an aromatic ring is 1. The largest absolute Gasteiger partial charge is 0.384 e. The lowest BCUT2D eigenvalue weighted by Gasteiger charge is -2.19. The zero-order valence-electron chi connectivity index (χ0n) is 12.3. The molecule has 2 heterocycles. The summed E-state index contributed by atoms with van der Waals surface area (Å²) in [5, 5.41) is 1.55. The zero-order valence-corrected chi connectivity index (χ0v) is 12.3. The molecular weight excluding hydrogens is 276 g/mol. The monoisotopic (exact) mass is 296 g/mol. The normalized spacial score (nSPS) is 16.7. The summed E-state index contributed by atoms with van der Waals surface area (Å²) in [6, 6.07) is 0. The van der Waals surface area contributed by atoms with Gasteiger partial charge in [0.05, 0.1) is 13.2 Å². The minimum absolute atomic E-state index is 0.0440. The van der Waals surface area contributed by atoms with Crippen LogP contribution in [0.5, 0.6) is 0 Å². The van der Waals surface area contributed by atoms with Crippen molar-refractivity contribution in [2.24, 2.45) is 14.1 Å². The third-order valence-electron chi connectivity index (χ3n) is 3.63. The van der Waals surface area contributed by atoms with E-state index in [1.54, 1.807) is 5.06 Å². The number of Topliss-reactive ketones (excluding diaryl/α,β-unsaturated/α-hetero) is 1. The van der Waals surface area contributed by atoms with E-state index in [-0.39, 0.29) is 17.9 Å². The number of aromatic nitrogens is 2. The summed E-state index contributed by atoms with van der Waals surface area (Å²) in [6.07, 6.45) is 2.94. The Kier molecular flexibility index (Phi) is 4.59. The second-order valence-electron chi connectivity index (χ2n) is 5.15. The van der Waals surface area contributed by atoms with Crippen LogP contribution in [-0.2, 0) is 18.9 Å². The quantitative estimate of drug-likeness (QED) is 0.738. The molecule has 2 N–H and O–H groups in total. The molecule has 0 bridgehead atoms. The van der Waals surface area contributed by atoms with Gasteiger partial charge in [0, 0.05) is 20.6 Å². The van der Waals surface area contributed by atoms with Crippen molar-refractivity contribution < 1.29 is 9.63 Å². The average Bonchev–Trinajstić information content (AvgIpc) is 2.72. The molecule has 1 saturated heterocycles. The molecule has 1 aromatic rings. The van der Waals surface area contributed by atoms with Crippen molar-refractivity contribution in [3.8, 4) is 0 Å². The molecule has 0 aliphatic carbocycles. The number of carbonyl (C=O) groups excluding carboxylic acids is 1. The zero-order chi connectivity index (χ0) is 15.6. The smallest absolute Gasteiger partial charge is 0.332 e. The third-order valence-corrected chi connectivity index (χ3v) is 3.63. The molecule has 8 nitrogen and oxygen atoms in total. The Morgan fingerprint density at radius 3 is 2.62 bits per heavy atom. The van der Waals surface area contributed by atoms with Crippen LogP contribution < -0.4 is 17.0 Å². The first-order valence-electron chi connectivity index (χ1n) is 6.90. The lowest BCUT2D eigenvalue weighted by molar-refractivity contribution is -0.143. The molecule has 0 unspecified atom stereocenters. The third kappa shape index (κ3) is 3.06. The molecule has 116 valence electrons. The molecule has 0 aromatic carbocycles. The molecular formula is C13H20N4O4. The van der Waals surface area contributed by atoms with Gasteiger partial charge in [0.15, 0.2) is 5.78 Å². The Morgan fingerprint density at radius 2 is 1.90 bits per heavy atom. The van der Waals surface area contributed by atoms with Gasteiger partial charge in [0.25, 0.3) is 5.56 Å². The number of nitrogens with two attached hydrogens (primary N) is 1. The van der Waals surface area contributed by atoms with Crippen LogP contribution in [0.15, 0.2) is 9.59 Å². The highest BCUT2D eigenvalue weighted by Crippen LogP contribution is 2.10. The second-order valence-corrected chi connectivity index (χ2v) is 5.15. The number of hydrogen-bond acceptors (Lipinski definition) is 6. The Bertz CT molecular complexity index is 653. The van der Waals surface area contributed by atoms with Crippen molar-refractivity contribution in [1.29, 1.82) is 0 Å². The Morgan fingerprint density at radius 1 is 1.19 bits per heavy atom. The maximum atomic E-state index is 12.4. The summed E-state index contributed by atoms with van der Waals surface area (Å²) >= 11 is 0. The van der Waals surface area contributed by atoms with Crippen molar-refractivity contribution in [3.63, 3.8) is 0 Å². The highest BCUT2D eigenvalue weighted by molar-refractivity contribution is 6.01. The molecule has 0 saturated carbocycles. The van der Waals surface area contributed by atoms with Crippen LogP contribution in [0.1, 0.15) is 29.6 Å². The number of hydrogen-bond donors (Lipinski definition) is 1. The molecule has 1 aromatic heterocycles. The van der Waals surface area contributed by atoms with Crippen molar-refractivity contribution in [2.75, 3.05) is 25.4 Å². The van der Waals surface area contributed by atoms with Crippen LogP contribution in [0.4, 0.5) is 5.82 Å². The number of anilines is 1. The van der Waals surface area contributed by atoms with E-state index in [0.717, 1.165) is 28.4 Å². The van der Waals surface area contributed by atoms with Crippen molar-refractivity contribution >= 4 is 11.6 Å². The van der Waals surface area contributed by atoms with E-state index in [4.69, 9.17) is 10.6 Å². The van der Waals surface area contributed by atoms with Crippen molar-refractivity contribution in [1.82, 2.24) is 14.2 Å². The minimum atomic E-state index is -0.671. The lowest BCUT2D eigenvalue weighted by Crippen LogP contribution is -2.43. The molecule has 0 spiro atoms. The summed E-state index contributed by atoms with van der Waals surface area (Å²) in [4.78, 5) is 41.6. The van der Waals surface area contributed by atoms with Crippen LogP contribution >= 0.6 is 0 Å². The van der Waals surface area contributed by atoms with E-state index >= 15 is 0 Å². The highest BCUT2D eigenvalue weighted by atomic mass is 16.7. The topological polar surface area (TPSA) is 99.6 Å². The highest BCUT2D eigenvalue weighted by Gasteiger charge is 2.23. The van der Waals surface area contributed by atoms with E-state index in [1.165, 1.54) is 14.1 Å².